The van der Waals surface area contributed by atoms with E-state index in [-0.39, 0.29) is 0 Å². The first kappa shape index (κ1) is 16.9. The number of rotatable bonds is 6. The molecule has 0 saturated carbocycles. The number of hydrogen-bond donors (Lipinski definition) is 1. The van der Waals surface area contributed by atoms with Crippen molar-refractivity contribution in [2.75, 3.05) is 25.0 Å². The Morgan fingerprint density at radius 2 is 1.88 bits per heavy atom. The number of likely N-dealkylation sites (tertiary alicyclic amines) is 1. The molecule has 1 aliphatic rings. The number of aromatic nitrogens is 2. The standard InChI is InChI=1S/C20H28N4/c1-16-14-17(2)22-20(21-16)23-19-11-7-13-24(15-19)12-6-10-18-8-4-3-5-9-18/h3-5,8-9,14,19H,6-7,10-13,15H2,1-2H3,(H,21,22,23)/t19-/m0/s1. The smallest absolute Gasteiger partial charge is 0.223 e. The molecular weight excluding hydrogens is 296 g/mol. The lowest BCUT2D eigenvalue weighted by Crippen LogP contribution is -2.42. The van der Waals surface area contributed by atoms with Crippen LogP contribution in [0.25, 0.3) is 0 Å². The third kappa shape index (κ3) is 5.03. The van der Waals surface area contributed by atoms with Crippen molar-refractivity contribution in [1.82, 2.24) is 14.9 Å². The fraction of sp³-hybridized carbons (Fsp3) is 0.500. The average Bonchev–Trinajstić information content (AvgIpc) is 2.55. The van der Waals surface area contributed by atoms with Gasteiger partial charge >= 0.3 is 0 Å². The Balaban J connectivity index is 1.47. The van der Waals surface area contributed by atoms with Gasteiger partial charge in [-0.3, -0.25) is 0 Å². The molecule has 0 unspecified atom stereocenters. The number of hydrogen-bond acceptors (Lipinski definition) is 4. The second kappa shape index (κ2) is 8.25. The number of aryl methyl sites for hydroxylation is 3. The molecule has 0 aliphatic carbocycles. The van der Waals surface area contributed by atoms with E-state index in [0.717, 1.165) is 30.3 Å². The van der Waals surface area contributed by atoms with Crippen molar-refractivity contribution in [1.29, 1.82) is 0 Å². The quantitative estimate of drug-likeness (QED) is 0.881. The Hall–Kier alpha value is -1.94. The molecule has 4 heteroatoms. The molecule has 3 rings (SSSR count). The largest absolute Gasteiger partial charge is 0.350 e. The molecule has 1 aromatic carbocycles. The molecule has 0 spiro atoms. The van der Waals surface area contributed by atoms with Gasteiger partial charge in [0.1, 0.15) is 0 Å². The second-order valence-electron chi connectivity index (χ2n) is 6.85. The van der Waals surface area contributed by atoms with E-state index >= 15 is 0 Å². The second-order valence-corrected chi connectivity index (χ2v) is 6.85. The van der Waals surface area contributed by atoms with E-state index in [2.05, 4.69) is 50.5 Å². The summed E-state index contributed by atoms with van der Waals surface area (Å²) in [6.45, 7) is 7.51. The lowest BCUT2D eigenvalue weighted by atomic mass is 10.0. The number of nitrogens with zero attached hydrogens (tertiary/aromatic N) is 3. The van der Waals surface area contributed by atoms with Crippen molar-refractivity contribution >= 4 is 5.95 Å². The van der Waals surface area contributed by atoms with Gasteiger partial charge in [0.05, 0.1) is 0 Å². The minimum absolute atomic E-state index is 0.455. The van der Waals surface area contributed by atoms with Crippen LogP contribution in [-0.4, -0.2) is 40.5 Å². The van der Waals surface area contributed by atoms with E-state index in [9.17, 15) is 0 Å². The van der Waals surface area contributed by atoms with E-state index < -0.39 is 0 Å². The van der Waals surface area contributed by atoms with E-state index in [1.54, 1.807) is 0 Å². The lowest BCUT2D eigenvalue weighted by Gasteiger charge is -2.33. The van der Waals surface area contributed by atoms with Crippen LogP contribution in [0.4, 0.5) is 5.95 Å². The Kier molecular flexibility index (Phi) is 5.81. The van der Waals surface area contributed by atoms with E-state index in [1.807, 2.05) is 19.9 Å². The predicted molar refractivity (Wildman–Crippen MR) is 99.4 cm³/mol. The Labute approximate surface area is 145 Å². The molecule has 1 atom stereocenters. The van der Waals surface area contributed by atoms with E-state index in [0.29, 0.717) is 6.04 Å². The molecule has 1 fully saturated rings. The molecule has 0 radical (unpaired) electrons. The van der Waals surface area contributed by atoms with Gasteiger partial charge in [-0.15, -0.1) is 0 Å². The van der Waals surface area contributed by atoms with Gasteiger partial charge in [-0.05, 0) is 64.3 Å². The van der Waals surface area contributed by atoms with Crippen LogP contribution in [0.3, 0.4) is 0 Å². The third-order valence-corrected chi connectivity index (χ3v) is 4.60. The van der Waals surface area contributed by atoms with Gasteiger partial charge in [-0.25, -0.2) is 9.97 Å². The molecule has 4 nitrogen and oxygen atoms in total. The molecule has 2 heterocycles. The van der Waals surface area contributed by atoms with Crippen LogP contribution >= 0.6 is 0 Å². The van der Waals surface area contributed by atoms with Crippen LogP contribution in [0.5, 0.6) is 0 Å². The van der Waals surface area contributed by atoms with Gasteiger partial charge in [0.15, 0.2) is 0 Å². The van der Waals surface area contributed by atoms with E-state index in [1.165, 1.54) is 37.9 Å². The monoisotopic (exact) mass is 324 g/mol. The zero-order valence-corrected chi connectivity index (χ0v) is 14.8. The first-order chi connectivity index (χ1) is 11.7. The molecule has 1 aliphatic heterocycles. The summed E-state index contributed by atoms with van der Waals surface area (Å²) in [7, 11) is 0. The lowest BCUT2D eigenvalue weighted by molar-refractivity contribution is 0.214. The van der Waals surface area contributed by atoms with Crippen LogP contribution in [0.2, 0.25) is 0 Å². The summed E-state index contributed by atoms with van der Waals surface area (Å²) in [5.74, 6) is 0.781. The highest BCUT2D eigenvalue weighted by Crippen LogP contribution is 2.15. The van der Waals surface area contributed by atoms with Crippen molar-refractivity contribution in [2.45, 2.75) is 45.6 Å². The van der Waals surface area contributed by atoms with Gasteiger partial charge in [0, 0.05) is 24.0 Å². The molecule has 1 aromatic heterocycles. The Bertz CT molecular complexity index is 621. The Morgan fingerprint density at radius 3 is 2.62 bits per heavy atom. The van der Waals surface area contributed by atoms with Gasteiger partial charge in [-0.2, -0.15) is 0 Å². The first-order valence-corrected chi connectivity index (χ1v) is 9.04. The predicted octanol–water partition coefficient (Wildman–Crippen LogP) is 3.60. The molecule has 0 amide bonds. The summed E-state index contributed by atoms with van der Waals surface area (Å²) in [5, 5.41) is 3.54. The summed E-state index contributed by atoms with van der Waals surface area (Å²) >= 11 is 0. The molecule has 1 saturated heterocycles. The molecule has 128 valence electrons. The van der Waals surface area contributed by atoms with Crippen LogP contribution in [0, 0.1) is 13.8 Å². The van der Waals surface area contributed by atoms with Crippen molar-refractivity contribution in [3.8, 4) is 0 Å². The molecular formula is C20H28N4. The molecule has 2 aromatic rings. The van der Waals surface area contributed by atoms with E-state index in [4.69, 9.17) is 0 Å². The highest BCUT2D eigenvalue weighted by Gasteiger charge is 2.20. The molecule has 24 heavy (non-hydrogen) atoms. The van der Waals surface area contributed by atoms with Gasteiger partial charge < -0.3 is 10.2 Å². The average molecular weight is 324 g/mol. The zero-order valence-electron chi connectivity index (χ0n) is 14.8. The minimum Gasteiger partial charge on any atom is -0.350 e. The van der Waals surface area contributed by atoms with Crippen molar-refractivity contribution in [3.05, 3.63) is 53.3 Å². The van der Waals surface area contributed by atoms with Crippen LogP contribution < -0.4 is 5.32 Å². The highest BCUT2D eigenvalue weighted by atomic mass is 15.2. The van der Waals surface area contributed by atoms with Crippen LogP contribution in [-0.2, 0) is 6.42 Å². The summed E-state index contributed by atoms with van der Waals surface area (Å²) < 4.78 is 0. The normalized spacial score (nSPS) is 18.5. The van der Waals surface area contributed by atoms with Gasteiger partial charge in [-0.1, -0.05) is 30.3 Å². The zero-order chi connectivity index (χ0) is 16.8. The van der Waals surface area contributed by atoms with Crippen molar-refractivity contribution in [2.24, 2.45) is 0 Å². The molecule has 1 N–H and O–H groups in total. The van der Waals surface area contributed by atoms with Crippen LogP contribution in [0.1, 0.15) is 36.2 Å². The Morgan fingerprint density at radius 1 is 1.12 bits per heavy atom. The maximum atomic E-state index is 4.51. The van der Waals surface area contributed by atoms with Crippen LogP contribution in [0.15, 0.2) is 36.4 Å². The number of piperidine rings is 1. The number of nitrogens with one attached hydrogen (secondary N) is 1. The molecule has 0 bridgehead atoms. The van der Waals surface area contributed by atoms with Crippen molar-refractivity contribution < 1.29 is 0 Å². The number of benzene rings is 1. The fourth-order valence-corrected chi connectivity index (χ4v) is 3.50. The highest BCUT2D eigenvalue weighted by molar-refractivity contribution is 5.29. The first-order valence-electron chi connectivity index (χ1n) is 9.04. The van der Waals surface area contributed by atoms with Gasteiger partial charge in [0.25, 0.3) is 0 Å². The summed E-state index contributed by atoms with van der Waals surface area (Å²) in [6, 6.07) is 13.2. The number of anilines is 1. The summed E-state index contributed by atoms with van der Waals surface area (Å²) in [6.07, 6.45) is 4.83. The summed E-state index contributed by atoms with van der Waals surface area (Å²) in [4.78, 5) is 11.6. The maximum absolute atomic E-state index is 4.51. The maximum Gasteiger partial charge on any atom is 0.223 e. The topological polar surface area (TPSA) is 41.1 Å². The summed E-state index contributed by atoms with van der Waals surface area (Å²) in [5.41, 5.74) is 3.49. The minimum atomic E-state index is 0.455. The fourth-order valence-electron chi connectivity index (χ4n) is 3.50. The SMILES string of the molecule is Cc1cc(C)nc(N[C@H]2CCCN(CCCc3ccccc3)C2)n1. The third-order valence-electron chi connectivity index (χ3n) is 4.60. The van der Waals surface area contributed by atoms with Gasteiger partial charge in [0.2, 0.25) is 5.95 Å². The van der Waals surface area contributed by atoms with Crippen molar-refractivity contribution in [3.63, 3.8) is 0 Å².